The number of hydrogen-bond acceptors (Lipinski definition) is 6. The SMILES string of the molecule is CCOC(=O)C(CC(C)C(=O)OCc1ccccc1)C(=O)OCC. The van der Waals surface area contributed by atoms with Gasteiger partial charge in [0.2, 0.25) is 0 Å². The standard InChI is InChI=1S/C18H24O6/c1-4-22-17(20)15(18(21)23-5-2)11-13(3)16(19)24-12-14-9-7-6-8-10-14/h6-10,13,15H,4-5,11-12H2,1-3H3. The van der Waals surface area contributed by atoms with Crippen molar-refractivity contribution in [3.8, 4) is 0 Å². The molecule has 1 atom stereocenters. The van der Waals surface area contributed by atoms with Crippen LogP contribution in [0.15, 0.2) is 30.3 Å². The maximum Gasteiger partial charge on any atom is 0.320 e. The van der Waals surface area contributed by atoms with Gasteiger partial charge in [-0.15, -0.1) is 0 Å². The second-order valence-corrected chi connectivity index (χ2v) is 5.29. The Labute approximate surface area is 142 Å². The van der Waals surface area contributed by atoms with Gasteiger partial charge in [0, 0.05) is 0 Å². The molecular formula is C18H24O6. The molecule has 0 saturated carbocycles. The molecule has 0 amide bonds. The van der Waals surface area contributed by atoms with E-state index in [1.54, 1.807) is 20.8 Å². The molecular weight excluding hydrogens is 312 g/mol. The summed E-state index contributed by atoms with van der Waals surface area (Å²) < 4.78 is 15.0. The van der Waals surface area contributed by atoms with Crippen molar-refractivity contribution in [1.29, 1.82) is 0 Å². The minimum Gasteiger partial charge on any atom is -0.465 e. The smallest absolute Gasteiger partial charge is 0.320 e. The van der Waals surface area contributed by atoms with Gasteiger partial charge in [-0.2, -0.15) is 0 Å². The summed E-state index contributed by atoms with van der Waals surface area (Å²) in [4.78, 5) is 35.9. The summed E-state index contributed by atoms with van der Waals surface area (Å²) in [6, 6.07) is 9.27. The largest absolute Gasteiger partial charge is 0.465 e. The highest BCUT2D eigenvalue weighted by molar-refractivity contribution is 5.95. The molecule has 0 aromatic heterocycles. The number of benzene rings is 1. The van der Waals surface area contributed by atoms with Crippen LogP contribution in [0.4, 0.5) is 0 Å². The normalized spacial score (nSPS) is 11.7. The minimum atomic E-state index is -1.12. The van der Waals surface area contributed by atoms with Crippen molar-refractivity contribution in [1.82, 2.24) is 0 Å². The van der Waals surface area contributed by atoms with E-state index in [2.05, 4.69) is 0 Å². The summed E-state index contributed by atoms with van der Waals surface area (Å²) in [7, 11) is 0. The first kappa shape index (κ1) is 19.7. The number of carbonyl (C=O) groups excluding carboxylic acids is 3. The summed E-state index contributed by atoms with van der Waals surface area (Å²) >= 11 is 0. The van der Waals surface area contributed by atoms with Crippen LogP contribution in [0.1, 0.15) is 32.8 Å². The molecule has 132 valence electrons. The highest BCUT2D eigenvalue weighted by atomic mass is 16.6. The van der Waals surface area contributed by atoms with E-state index in [1.807, 2.05) is 30.3 Å². The highest BCUT2D eigenvalue weighted by Gasteiger charge is 2.33. The van der Waals surface area contributed by atoms with Crippen molar-refractivity contribution in [2.24, 2.45) is 11.8 Å². The van der Waals surface area contributed by atoms with Crippen LogP contribution in [0.2, 0.25) is 0 Å². The van der Waals surface area contributed by atoms with E-state index in [-0.39, 0.29) is 26.2 Å². The van der Waals surface area contributed by atoms with E-state index in [9.17, 15) is 14.4 Å². The van der Waals surface area contributed by atoms with Crippen LogP contribution >= 0.6 is 0 Å². The second kappa shape index (κ2) is 10.4. The molecule has 0 saturated heterocycles. The molecule has 0 radical (unpaired) electrons. The van der Waals surface area contributed by atoms with Crippen molar-refractivity contribution >= 4 is 17.9 Å². The first-order valence-electron chi connectivity index (χ1n) is 8.03. The maximum absolute atomic E-state index is 12.1. The molecule has 1 aromatic rings. The van der Waals surface area contributed by atoms with Crippen molar-refractivity contribution < 1.29 is 28.6 Å². The average molecular weight is 336 g/mol. The molecule has 0 aliphatic rings. The molecule has 0 aliphatic heterocycles. The zero-order chi connectivity index (χ0) is 17.9. The Bertz CT molecular complexity index is 522. The lowest BCUT2D eigenvalue weighted by Crippen LogP contribution is -2.31. The summed E-state index contributed by atoms with van der Waals surface area (Å²) in [5, 5.41) is 0. The summed E-state index contributed by atoms with van der Waals surface area (Å²) in [5.41, 5.74) is 0.866. The minimum absolute atomic E-state index is 0.00864. The molecule has 0 bridgehead atoms. The highest BCUT2D eigenvalue weighted by Crippen LogP contribution is 2.18. The number of ether oxygens (including phenoxy) is 3. The van der Waals surface area contributed by atoms with Gasteiger partial charge in [-0.05, 0) is 25.8 Å². The van der Waals surface area contributed by atoms with Crippen LogP contribution < -0.4 is 0 Å². The predicted molar refractivity (Wildman–Crippen MR) is 86.8 cm³/mol. The molecule has 1 unspecified atom stereocenters. The number of esters is 3. The fraction of sp³-hybridized carbons (Fsp3) is 0.500. The molecule has 0 fully saturated rings. The van der Waals surface area contributed by atoms with Gasteiger partial charge < -0.3 is 14.2 Å². The van der Waals surface area contributed by atoms with Gasteiger partial charge in [0.25, 0.3) is 0 Å². The third-order valence-corrected chi connectivity index (χ3v) is 3.36. The van der Waals surface area contributed by atoms with Crippen LogP contribution in [0.3, 0.4) is 0 Å². The molecule has 0 heterocycles. The molecule has 1 rings (SSSR count). The average Bonchev–Trinajstić information content (AvgIpc) is 2.58. The third-order valence-electron chi connectivity index (χ3n) is 3.36. The third kappa shape index (κ3) is 6.40. The fourth-order valence-electron chi connectivity index (χ4n) is 2.10. The molecule has 1 aromatic carbocycles. The molecule has 0 spiro atoms. The van der Waals surface area contributed by atoms with Crippen molar-refractivity contribution in [3.05, 3.63) is 35.9 Å². The monoisotopic (exact) mass is 336 g/mol. The Kier molecular flexibility index (Phi) is 8.54. The second-order valence-electron chi connectivity index (χ2n) is 5.29. The van der Waals surface area contributed by atoms with Crippen molar-refractivity contribution in [2.45, 2.75) is 33.8 Å². The van der Waals surface area contributed by atoms with E-state index in [0.717, 1.165) is 5.56 Å². The topological polar surface area (TPSA) is 78.9 Å². The van der Waals surface area contributed by atoms with E-state index < -0.39 is 29.7 Å². The van der Waals surface area contributed by atoms with E-state index in [4.69, 9.17) is 14.2 Å². The number of hydrogen-bond donors (Lipinski definition) is 0. The van der Waals surface area contributed by atoms with Crippen LogP contribution in [0, 0.1) is 11.8 Å². The number of rotatable bonds is 9. The van der Waals surface area contributed by atoms with E-state index >= 15 is 0 Å². The summed E-state index contributed by atoms with van der Waals surface area (Å²) in [5.74, 6) is -3.59. The Morgan fingerprint density at radius 2 is 1.42 bits per heavy atom. The van der Waals surface area contributed by atoms with E-state index in [0.29, 0.717) is 0 Å². The Hall–Kier alpha value is -2.37. The molecule has 6 heteroatoms. The van der Waals surface area contributed by atoms with Crippen molar-refractivity contribution in [2.75, 3.05) is 13.2 Å². The van der Waals surface area contributed by atoms with Gasteiger partial charge in [-0.3, -0.25) is 14.4 Å². The Balaban J connectivity index is 2.61. The fourth-order valence-corrected chi connectivity index (χ4v) is 2.10. The predicted octanol–water partition coefficient (Wildman–Crippen LogP) is 2.50. The number of carbonyl (C=O) groups is 3. The zero-order valence-electron chi connectivity index (χ0n) is 14.3. The molecule has 24 heavy (non-hydrogen) atoms. The first-order valence-corrected chi connectivity index (χ1v) is 8.03. The summed E-state index contributed by atoms with van der Waals surface area (Å²) in [6.07, 6.45) is -0.00864. The zero-order valence-corrected chi connectivity index (χ0v) is 14.3. The van der Waals surface area contributed by atoms with Gasteiger partial charge >= 0.3 is 17.9 Å². The lowest BCUT2D eigenvalue weighted by Gasteiger charge is -2.17. The maximum atomic E-state index is 12.1. The quantitative estimate of drug-likeness (QED) is 0.392. The van der Waals surface area contributed by atoms with Crippen LogP contribution in [-0.2, 0) is 35.2 Å². The first-order chi connectivity index (χ1) is 11.5. The Morgan fingerprint density at radius 1 is 0.875 bits per heavy atom. The molecule has 0 N–H and O–H groups in total. The Morgan fingerprint density at radius 3 is 1.92 bits per heavy atom. The van der Waals surface area contributed by atoms with Crippen LogP contribution in [0.5, 0.6) is 0 Å². The van der Waals surface area contributed by atoms with Crippen molar-refractivity contribution in [3.63, 3.8) is 0 Å². The van der Waals surface area contributed by atoms with E-state index in [1.165, 1.54) is 0 Å². The van der Waals surface area contributed by atoms with Crippen LogP contribution in [0.25, 0.3) is 0 Å². The van der Waals surface area contributed by atoms with Gasteiger partial charge in [0.1, 0.15) is 6.61 Å². The molecule has 0 aliphatic carbocycles. The van der Waals surface area contributed by atoms with Gasteiger partial charge in [-0.25, -0.2) is 0 Å². The summed E-state index contributed by atoms with van der Waals surface area (Å²) in [6.45, 7) is 5.37. The lowest BCUT2D eigenvalue weighted by atomic mass is 9.96. The van der Waals surface area contributed by atoms with Gasteiger partial charge in [0.05, 0.1) is 19.1 Å². The van der Waals surface area contributed by atoms with Gasteiger partial charge in [-0.1, -0.05) is 37.3 Å². The lowest BCUT2D eigenvalue weighted by molar-refractivity contribution is -0.163. The van der Waals surface area contributed by atoms with Gasteiger partial charge in [0.15, 0.2) is 5.92 Å². The van der Waals surface area contributed by atoms with Crippen LogP contribution in [-0.4, -0.2) is 31.1 Å². The molecule has 6 nitrogen and oxygen atoms in total.